The Balaban J connectivity index is 0.000000133. The van der Waals surface area contributed by atoms with Gasteiger partial charge in [0.2, 0.25) is 0 Å². The molecule has 1 saturated heterocycles. The number of rotatable bonds is 14. The fraction of sp³-hybridized carbons (Fsp3) is 0.0588. The number of pyridine rings is 2. The molecule has 4 aromatic heterocycles. The van der Waals surface area contributed by atoms with Crippen LogP contribution in [-0.4, -0.2) is 58.2 Å². The molecule has 1 aliphatic heterocycles. The van der Waals surface area contributed by atoms with Gasteiger partial charge >= 0.3 is 7.12 Å². The second-order valence-electron chi connectivity index (χ2n) is 29.0. The fourth-order valence-corrected chi connectivity index (χ4v) is 14.8. The Hall–Kier alpha value is -13.6. The van der Waals surface area contributed by atoms with E-state index in [9.17, 15) is 0 Å². The van der Waals surface area contributed by atoms with Crippen LogP contribution in [0.5, 0.6) is 0 Å². The summed E-state index contributed by atoms with van der Waals surface area (Å²) >= 11 is 3.64. The van der Waals surface area contributed by atoms with E-state index >= 15 is 0 Å². The second-order valence-corrected chi connectivity index (χ2v) is 29.9. The Morgan fingerprint density at radius 3 is 0.860 bits per heavy atom. The molecule has 14 aromatic carbocycles. The first-order chi connectivity index (χ1) is 55.9. The van der Waals surface area contributed by atoms with Gasteiger partial charge in [-0.2, -0.15) is 0 Å². The molecule has 546 valence electrons. The van der Waals surface area contributed by atoms with Crippen LogP contribution >= 0.6 is 15.9 Å². The summed E-state index contributed by atoms with van der Waals surface area (Å²) in [5.41, 5.74) is 22.1. The van der Waals surface area contributed by atoms with Crippen molar-refractivity contribution in [3.63, 3.8) is 0 Å². The first-order valence-corrected chi connectivity index (χ1v) is 38.9. The summed E-state index contributed by atoms with van der Waals surface area (Å²) in [6.07, 6.45) is 7.39. The van der Waals surface area contributed by atoms with Gasteiger partial charge in [0, 0.05) is 62.6 Å². The molecule has 0 amide bonds. The average molecular weight is 1540 g/mol. The predicted molar refractivity (Wildman–Crippen MR) is 471 cm³/mol. The van der Waals surface area contributed by atoms with Crippen molar-refractivity contribution in [3.8, 4) is 146 Å². The number of aromatic nitrogens is 8. The second kappa shape index (κ2) is 32.8. The van der Waals surface area contributed by atoms with Crippen LogP contribution in [0.2, 0.25) is 0 Å². The third-order valence-electron chi connectivity index (χ3n) is 21.1. The van der Waals surface area contributed by atoms with E-state index in [2.05, 4.69) is 284 Å². The summed E-state index contributed by atoms with van der Waals surface area (Å²) in [5.74, 6) is 3.80. The number of halogens is 1. The normalized spacial score (nSPS) is 12.7. The van der Waals surface area contributed by atoms with Gasteiger partial charge < -0.3 is 9.31 Å². The van der Waals surface area contributed by atoms with Crippen molar-refractivity contribution >= 4 is 50.1 Å². The molecule has 0 radical (unpaired) electrons. The van der Waals surface area contributed by atoms with E-state index in [1.807, 2.05) is 146 Å². The lowest BCUT2D eigenvalue weighted by Gasteiger charge is -2.32. The summed E-state index contributed by atoms with van der Waals surface area (Å²) in [6, 6.07) is 126. The Morgan fingerprint density at radius 2 is 0.491 bits per heavy atom. The lowest BCUT2D eigenvalue weighted by molar-refractivity contribution is 0.00578. The Morgan fingerprint density at radius 1 is 0.228 bits per heavy atom. The van der Waals surface area contributed by atoms with Crippen LogP contribution < -0.4 is 5.46 Å². The van der Waals surface area contributed by atoms with Gasteiger partial charge in [0.05, 0.1) is 11.2 Å². The first kappa shape index (κ1) is 73.2. The molecule has 0 N–H and O–H groups in total. The highest BCUT2D eigenvalue weighted by Gasteiger charge is 2.51. The molecule has 0 saturated carbocycles. The van der Waals surface area contributed by atoms with E-state index in [1.54, 1.807) is 12.4 Å². The minimum Gasteiger partial charge on any atom is -0.399 e. The molecule has 1 fully saturated rings. The summed E-state index contributed by atoms with van der Waals surface area (Å²) in [4.78, 5) is 38.1. The van der Waals surface area contributed by atoms with E-state index in [1.165, 1.54) is 54.9 Å². The van der Waals surface area contributed by atoms with Gasteiger partial charge in [-0.25, -0.2) is 29.9 Å². The molecule has 10 nitrogen and oxygen atoms in total. The molecule has 0 bridgehead atoms. The van der Waals surface area contributed by atoms with Crippen molar-refractivity contribution in [3.05, 3.63) is 393 Å². The minimum atomic E-state index is -0.418. The molecule has 5 heterocycles. The quantitative estimate of drug-likeness (QED) is 0.0973. The van der Waals surface area contributed by atoms with Crippen LogP contribution in [0.1, 0.15) is 27.7 Å². The molecular formula is C102H76BBrN8O2. The third kappa shape index (κ3) is 16.0. The van der Waals surface area contributed by atoms with Crippen LogP contribution in [-0.2, 0) is 9.31 Å². The van der Waals surface area contributed by atoms with Gasteiger partial charge in [0.1, 0.15) is 0 Å². The third-order valence-corrected chi connectivity index (χ3v) is 21.8. The Labute approximate surface area is 673 Å². The number of fused-ring (bicyclic) bond motifs is 2. The molecule has 0 aliphatic carbocycles. The van der Waals surface area contributed by atoms with Gasteiger partial charge in [0.15, 0.2) is 34.9 Å². The Bertz CT molecular complexity index is 6380. The van der Waals surface area contributed by atoms with Gasteiger partial charge in [-0.05, 0) is 163 Å². The fourth-order valence-electron chi connectivity index (χ4n) is 14.3. The van der Waals surface area contributed by atoms with Crippen LogP contribution in [0.4, 0.5) is 0 Å². The molecule has 19 rings (SSSR count). The van der Waals surface area contributed by atoms with Crippen molar-refractivity contribution in [2.75, 3.05) is 0 Å². The zero-order chi connectivity index (χ0) is 77.4. The van der Waals surface area contributed by atoms with E-state index in [0.717, 1.165) is 87.8 Å². The highest BCUT2D eigenvalue weighted by atomic mass is 79.9. The molecular weight excluding hydrogens is 1460 g/mol. The molecule has 0 spiro atoms. The summed E-state index contributed by atoms with van der Waals surface area (Å²) in [5, 5.41) is 4.92. The largest absolute Gasteiger partial charge is 0.494 e. The van der Waals surface area contributed by atoms with Crippen molar-refractivity contribution in [2.45, 2.75) is 38.9 Å². The van der Waals surface area contributed by atoms with Gasteiger partial charge in [-0.1, -0.05) is 350 Å². The number of hydrogen-bond donors (Lipinski definition) is 0. The average Bonchev–Trinajstić information content (AvgIpc) is 1.33. The highest BCUT2D eigenvalue weighted by Crippen LogP contribution is 2.41. The predicted octanol–water partition coefficient (Wildman–Crippen LogP) is 25.3. The smallest absolute Gasteiger partial charge is 0.399 e. The van der Waals surface area contributed by atoms with Crippen LogP contribution in [0, 0.1) is 0 Å². The molecule has 114 heavy (non-hydrogen) atoms. The number of hydrogen-bond acceptors (Lipinski definition) is 10. The van der Waals surface area contributed by atoms with Crippen molar-refractivity contribution < 1.29 is 9.31 Å². The summed E-state index contributed by atoms with van der Waals surface area (Å²) in [7, 11) is -0.418. The Kier molecular flexibility index (Phi) is 21.0. The SMILES string of the molecule is Brc1ccc(-c2ccc(-c3cccnc3)cc2)c2ccccc12.CC1(C)OB(c2ccc(-c3nc(-c4ccccc4)nc(-c4cccc(-c5ccccc5)c4)n3)cc2)OC1(C)C.c1ccc(-c2cccc(-c3nc(-c4ccccc4)nc(-c4ccc(-c5ccc(-c6ccc(-c7cccnc7)cc6)c6ccccc56)cc4)n3)c2)cc1. The van der Waals surface area contributed by atoms with Crippen LogP contribution in [0.25, 0.3) is 168 Å². The lowest BCUT2D eigenvalue weighted by atomic mass is 9.79. The molecule has 12 heteroatoms. The summed E-state index contributed by atoms with van der Waals surface area (Å²) in [6.45, 7) is 8.24. The van der Waals surface area contributed by atoms with Crippen molar-refractivity contribution in [2.24, 2.45) is 0 Å². The van der Waals surface area contributed by atoms with Crippen molar-refractivity contribution in [1.82, 2.24) is 39.9 Å². The zero-order valence-electron chi connectivity index (χ0n) is 63.3. The maximum Gasteiger partial charge on any atom is 0.494 e. The van der Waals surface area contributed by atoms with Gasteiger partial charge in [-0.3, -0.25) is 9.97 Å². The van der Waals surface area contributed by atoms with Crippen molar-refractivity contribution in [1.29, 1.82) is 0 Å². The lowest BCUT2D eigenvalue weighted by Crippen LogP contribution is -2.41. The standard InChI is InChI=1S/C48H32N4.C33H30BN3O2.C21H14BrN/c1-3-11-33(12-4-1)39-15-9-16-40(31-39)48-51-46(37-13-5-2-6-14-37)50-47(52-48)38-26-24-36(25-27-38)43-29-28-42(44-18-7-8-19-45(43)44)35-22-20-34(21-23-35)41-17-10-30-49-32-41;1-32(2)33(3,4)39-34(38-32)28-20-18-25(19-21-28)30-35-29(24-14-9-6-10-15-24)36-31(37-30)27-17-11-16-26(22-27)23-12-7-5-8-13-23;22-21-12-11-18(19-5-1-2-6-20(19)21)16-9-7-15(8-10-16)17-4-3-13-23-14-17/h1-32H;5-22H,1-4H3;1-14H. The first-order valence-electron chi connectivity index (χ1n) is 38.1. The molecule has 18 aromatic rings. The molecule has 0 atom stereocenters. The van der Waals surface area contributed by atoms with Crippen LogP contribution in [0.3, 0.4) is 0 Å². The summed E-state index contributed by atoms with van der Waals surface area (Å²) < 4.78 is 13.6. The van der Waals surface area contributed by atoms with E-state index in [0.29, 0.717) is 34.9 Å². The monoisotopic (exact) mass is 1530 g/mol. The molecule has 0 unspecified atom stereocenters. The topological polar surface area (TPSA) is 122 Å². The number of nitrogens with zero attached hydrogens (tertiary/aromatic N) is 8. The van der Waals surface area contributed by atoms with E-state index in [-0.39, 0.29) is 0 Å². The van der Waals surface area contributed by atoms with Crippen LogP contribution in [0.15, 0.2) is 393 Å². The van der Waals surface area contributed by atoms with Gasteiger partial charge in [-0.15, -0.1) is 0 Å². The molecule has 1 aliphatic rings. The highest BCUT2D eigenvalue weighted by molar-refractivity contribution is 9.10. The van der Waals surface area contributed by atoms with E-state index in [4.69, 9.17) is 39.2 Å². The minimum absolute atomic E-state index is 0.391. The zero-order valence-corrected chi connectivity index (χ0v) is 64.9. The number of benzene rings is 14. The maximum absolute atomic E-state index is 6.23. The van der Waals surface area contributed by atoms with Gasteiger partial charge in [0.25, 0.3) is 0 Å². The van der Waals surface area contributed by atoms with E-state index < -0.39 is 18.3 Å². The maximum atomic E-state index is 6.23.